The van der Waals surface area contributed by atoms with Gasteiger partial charge in [-0.3, -0.25) is 9.59 Å². The Morgan fingerprint density at radius 3 is 2.37 bits per heavy atom. The summed E-state index contributed by atoms with van der Waals surface area (Å²) in [4.78, 5) is 24.9. The predicted octanol–water partition coefficient (Wildman–Crippen LogP) is 2.23. The molecule has 2 aromatic rings. The van der Waals surface area contributed by atoms with Gasteiger partial charge in [0, 0.05) is 10.7 Å². The van der Waals surface area contributed by atoms with Gasteiger partial charge in [-0.15, -0.1) is 0 Å². The van der Waals surface area contributed by atoms with Crippen LogP contribution in [0.5, 0.6) is 5.75 Å². The molecule has 1 unspecified atom stereocenters. The lowest BCUT2D eigenvalue weighted by Gasteiger charge is -2.15. The Morgan fingerprint density at radius 1 is 1.07 bits per heavy atom. The van der Waals surface area contributed by atoms with E-state index in [4.69, 9.17) is 27.9 Å². The monoisotopic (exact) mass is 414 g/mol. The fourth-order valence-electron chi connectivity index (χ4n) is 2.36. The van der Waals surface area contributed by atoms with Crippen molar-refractivity contribution in [2.75, 3.05) is 37.9 Å². The van der Waals surface area contributed by atoms with Crippen LogP contribution >= 0.6 is 23.2 Å². The third-order valence-corrected chi connectivity index (χ3v) is 4.09. The van der Waals surface area contributed by atoms with E-state index in [9.17, 15) is 14.0 Å². The maximum atomic E-state index is 13.1. The number of hydrogen-bond donors (Lipinski definition) is 3. The Labute approximate surface area is 166 Å². The molecule has 2 aromatic carbocycles. The molecule has 0 heterocycles. The van der Waals surface area contributed by atoms with Crippen molar-refractivity contribution in [1.29, 1.82) is 0 Å². The second-order valence-electron chi connectivity index (χ2n) is 5.88. The fraction of sp³-hybridized carbons (Fsp3) is 0.222. The fourth-order valence-corrected chi connectivity index (χ4v) is 2.71. The summed E-state index contributed by atoms with van der Waals surface area (Å²) in [5, 5.41) is 5.70. The van der Waals surface area contributed by atoms with E-state index >= 15 is 0 Å². The largest absolute Gasteiger partial charge is 0.495 e. The van der Waals surface area contributed by atoms with Gasteiger partial charge in [0.1, 0.15) is 11.6 Å². The molecule has 0 bridgehead atoms. The average Bonchev–Trinajstić information content (AvgIpc) is 2.58. The first-order chi connectivity index (χ1) is 12.8. The summed E-state index contributed by atoms with van der Waals surface area (Å²) in [6, 6.07) is 8.78. The maximum absolute atomic E-state index is 13.1. The van der Waals surface area contributed by atoms with Crippen molar-refractivity contribution in [3.63, 3.8) is 0 Å². The van der Waals surface area contributed by atoms with E-state index in [2.05, 4.69) is 10.6 Å². The van der Waals surface area contributed by atoms with Crippen LogP contribution < -0.4 is 20.3 Å². The molecular formula is C18H19Cl2FN3O3+. The molecule has 0 fully saturated rings. The van der Waals surface area contributed by atoms with Crippen LogP contribution in [-0.2, 0) is 9.59 Å². The lowest BCUT2D eigenvalue weighted by atomic mass is 10.3. The van der Waals surface area contributed by atoms with E-state index in [0.717, 1.165) is 0 Å². The van der Waals surface area contributed by atoms with E-state index in [-0.39, 0.29) is 29.9 Å². The second kappa shape index (κ2) is 9.55. The molecule has 1 atom stereocenters. The number of ether oxygens (including phenoxy) is 1. The van der Waals surface area contributed by atoms with Crippen LogP contribution in [0.2, 0.25) is 10.0 Å². The zero-order chi connectivity index (χ0) is 20.0. The number of methoxy groups -OCH3 is 1. The molecule has 0 saturated heterocycles. The number of hydrogen-bond acceptors (Lipinski definition) is 3. The number of carbonyl (C=O) groups excluding carboxylic acids is 2. The molecule has 0 spiro atoms. The van der Waals surface area contributed by atoms with Crippen molar-refractivity contribution < 1.29 is 23.6 Å². The van der Waals surface area contributed by atoms with Crippen LogP contribution in [-0.4, -0.2) is 39.1 Å². The molecule has 0 aliphatic rings. The van der Waals surface area contributed by atoms with E-state index in [1.165, 1.54) is 25.3 Å². The number of likely N-dealkylation sites (N-methyl/N-ethyl adjacent to an activating group) is 1. The van der Waals surface area contributed by atoms with Gasteiger partial charge in [-0.25, -0.2) is 4.39 Å². The van der Waals surface area contributed by atoms with E-state index in [1.807, 2.05) is 0 Å². The highest BCUT2D eigenvalue weighted by Crippen LogP contribution is 2.27. The van der Waals surface area contributed by atoms with Gasteiger partial charge in [-0.1, -0.05) is 23.2 Å². The molecule has 2 rings (SSSR count). The minimum atomic E-state index is -0.564. The standard InChI is InChI=1S/C18H18Cl2FN3O3/c1-24(9-17(25)22-12-4-5-14(21)13(20)8-12)10-18(26)23-15-7-11(19)3-6-16(15)27-2/h3-8H,9-10H2,1-2H3,(H,22,25)(H,23,26)/p+1. The molecule has 2 amide bonds. The summed E-state index contributed by atoms with van der Waals surface area (Å²) >= 11 is 11.6. The summed E-state index contributed by atoms with van der Waals surface area (Å²) in [5.74, 6) is -0.712. The van der Waals surface area contributed by atoms with Crippen LogP contribution in [0.3, 0.4) is 0 Å². The van der Waals surface area contributed by atoms with Gasteiger partial charge in [-0.05, 0) is 36.4 Å². The number of carbonyl (C=O) groups is 2. The smallest absolute Gasteiger partial charge is 0.279 e. The Kier molecular flexibility index (Phi) is 7.41. The van der Waals surface area contributed by atoms with Crippen molar-refractivity contribution >= 4 is 46.4 Å². The van der Waals surface area contributed by atoms with Gasteiger partial charge in [-0.2, -0.15) is 0 Å². The van der Waals surface area contributed by atoms with Crippen LogP contribution in [0.1, 0.15) is 0 Å². The maximum Gasteiger partial charge on any atom is 0.279 e. The second-order valence-corrected chi connectivity index (χ2v) is 6.72. The van der Waals surface area contributed by atoms with Crippen molar-refractivity contribution in [2.45, 2.75) is 0 Å². The molecule has 3 N–H and O–H groups in total. The Hall–Kier alpha value is -2.35. The van der Waals surface area contributed by atoms with Gasteiger partial charge in [0.25, 0.3) is 11.8 Å². The summed E-state index contributed by atoms with van der Waals surface area (Å²) in [6.45, 7) is 0.0857. The van der Waals surface area contributed by atoms with Gasteiger partial charge in [0.05, 0.1) is 24.9 Å². The summed E-state index contributed by atoms with van der Waals surface area (Å²) < 4.78 is 18.3. The molecule has 0 radical (unpaired) electrons. The molecular weight excluding hydrogens is 396 g/mol. The molecule has 0 aliphatic carbocycles. The molecule has 0 aliphatic heterocycles. The minimum absolute atomic E-state index is 0.0368. The van der Waals surface area contributed by atoms with Gasteiger partial charge < -0.3 is 20.3 Å². The van der Waals surface area contributed by atoms with Gasteiger partial charge in [0.15, 0.2) is 13.1 Å². The Balaban J connectivity index is 1.88. The van der Waals surface area contributed by atoms with E-state index < -0.39 is 5.82 Å². The summed E-state index contributed by atoms with van der Waals surface area (Å²) in [5.41, 5.74) is 0.834. The minimum Gasteiger partial charge on any atom is -0.495 e. The highest BCUT2D eigenvalue weighted by atomic mass is 35.5. The Morgan fingerprint density at radius 2 is 1.74 bits per heavy atom. The number of benzene rings is 2. The molecule has 27 heavy (non-hydrogen) atoms. The van der Waals surface area contributed by atoms with Crippen molar-refractivity contribution in [1.82, 2.24) is 0 Å². The van der Waals surface area contributed by atoms with E-state index in [1.54, 1.807) is 25.2 Å². The zero-order valence-electron chi connectivity index (χ0n) is 14.7. The number of rotatable bonds is 7. The van der Waals surface area contributed by atoms with Crippen LogP contribution in [0, 0.1) is 5.82 Å². The Bertz CT molecular complexity index is 849. The third-order valence-electron chi connectivity index (χ3n) is 3.56. The normalized spacial score (nSPS) is 11.6. The van der Waals surface area contributed by atoms with Crippen molar-refractivity contribution in [2.24, 2.45) is 0 Å². The highest BCUT2D eigenvalue weighted by molar-refractivity contribution is 6.31. The van der Waals surface area contributed by atoms with Crippen molar-refractivity contribution in [3.8, 4) is 5.75 Å². The molecule has 6 nitrogen and oxygen atoms in total. The lowest BCUT2D eigenvalue weighted by molar-refractivity contribution is -0.862. The summed E-state index contributed by atoms with van der Waals surface area (Å²) in [7, 11) is 3.19. The number of halogens is 3. The first-order valence-corrected chi connectivity index (χ1v) is 8.73. The topological polar surface area (TPSA) is 71.9 Å². The predicted molar refractivity (Wildman–Crippen MR) is 103 cm³/mol. The zero-order valence-corrected chi connectivity index (χ0v) is 16.2. The van der Waals surface area contributed by atoms with Crippen molar-refractivity contribution in [3.05, 3.63) is 52.3 Å². The number of anilines is 2. The highest BCUT2D eigenvalue weighted by Gasteiger charge is 2.16. The first-order valence-electron chi connectivity index (χ1n) is 7.98. The van der Waals surface area contributed by atoms with E-state index in [0.29, 0.717) is 27.0 Å². The number of nitrogens with one attached hydrogen (secondary N) is 3. The number of quaternary nitrogens is 1. The summed E-state index contributed by atoms with van der Waals surface area (Å²) in [6.07, 6.45) is 0. The molecule has 0 aromatic heterocycles. The molecule has 144 valence electrons. The average molecular weight is 415 g/mol. The quantitative estimate of drug-likeness (QED) is 0.650. The number of amides is 2. The first kappa shape index (κ1) is 21.0. The van der Waals surface area contributed by atoms with Crippen LogP contribution in [0.25, 0.3) is 0 Å². The SMILES string of the molecule is COc1ccc(Cl)cc1NC(=O)C[NH+](C)CC(=O)Nc1ccc(F)c(Cl)c1. The third kappa shape index (κ3) is 6.39. The van der Waals surface area contributed by atoms with Gasteiger partial charge in [0.2, 0.25) is 0 Å². The van der Waals surface area contributed by atoms with Gasteiger partial charge >= 0.3 is 0 Å². The lowest BCUT2D eigenvalue weighted by Crippen LogP contribution is -3.11. The molecule has 0 saturated carbocycles. The molecule has 9 heteroatoms. The van der Waals surface area contributed by atoms with Crippen LogP contribution in [0.15, 0.2) is 36.4 Å². The van der Waals surface area contributed by atoms with Crippen LogP contribution in [0.4, 0.5) is 15.8 Å².